The molecule has 0 aromatic heterocycles. The second kappa shape index (κ2) is 4.40. The summed E-state index contributed by atoms with van der Waals surface area (Å²) in [5, 5.41) is 19.5. The molecule has 19 heavy (non-hydrogen) atoms. The Balaban J connectivity index is 2.64. The Morgan fingerprint density at radius 1 is 1.53 bits per heavy atom. The Hall–Kier alpha value is -1.79. The molecule has 0 saturated carbocycles. The van der Waals surface area contributed by atoms with Gasteiger partial charge in [0.1, 0.15) is 5.75 Å². The Morgan fingerprint density at radius 2 is 2.16 bits per heavy atom. The second-order valence-electron chi connectivity index (χ2n) is 4.30. The quantitative estimate of drug-likeness (QED) is 0.865. The number of halogens is 1. The van der Waals surface area contributed by atoms with Crippen molar-refractivity contribution in [3.63, 3.8) is 0 Å². The number of carbonyl (C=O) groups excluding carboxylic acids is 1. The van der Waals surface area contributed by atoms with E-state index in [0.29, 0.717) is 5.69 Å². The number of hydrogen-bond acceptors (Lipinski definition) is 4. The minimum atomic E-state index is -2.09. The number of aliphatic carboxylic acids is 1. The third-order valence-corrected chi connectivity index (χ3v) is 3.44. The number of benzene rings is 1. The van der Waals surface area contributed by atoms with Crippen molar-refractivity contribution in [1.29, 1.82) is 0 Å². The van der Waals surface area contributed by atoms with Crippen molar-refractivity contribution < 1.29 is 24.5 Å². The smallest absolute Gasteiger partial charge is 0.307 e. The van der Waals surface area contributed by atoms with Crippen LogP contribution in [0.25, 0.3) is 0 Å². The van der Waals surface area contributed by atoms with Crippen LogP contribution in [0.15, 0.2) is 12.1 Å². The molecule has 102 valence electrons. The monoisotopic (exact) mass is 285 g/mol. The Labute approximate surface area is 114 Å². The molecule has 1 aliphatic heterocycles. The van der Waals surface area contributed by atoms with Crippen LogP contribution in [0.1, 0.15) is 12.0 Å². The van der Waals surface area contributed by atoms with Crippen LogP contribution < -0.4 is 9.64 Å². The number of nitrogens with zero attached hydrogens (tertiary/aromatic N) is 1. The maximum absolute atomic E-state index is 12.1. The number of hydrogen-bond donors (Lipinski definition) is 2. The van der Waals surface area contributed by atoms with Crippen molar-refractivity contribution in [3.05, 3.63) is 22.7 Å². The number of amides is 1. The lowest BCUT2D eigenvalue weighted by Crippen LogP contribution is -2.40. The van der Waals surface area contributed by atoms with Crippen LogP contribution in [0.5, 0.6) is 5.75 Å². The molecule has 1 aromatic carbocycles. The maximum atomic E-state index is 12.1. The van der Waals surface area contributed by atoms with Crippen LogP contribution in [0.4, 0.5) is 5.69 Å². The van der Waals surface area contributed by atoms with Gasteiger partial charge in [0, 0.05) is 12.6 Å². The number of likely N-dealkylation sites (N-methyl/N-ethyl adjacent to an activating group) is 1. The fraction of sp³-hybridized carbons (Fsp3) is 0.333. The van der Waals surface area contributed by atoms with E-state index in [9.17, 15) is 14.7 Å². The number of anilines is 1. The van der Waals surface area contributed by atoms with Gasteiger partial charge in [-0.25, -0.2) is 0 Å². The summed E-state index contributed by atoms with van der Waals surface area (Å²) in [4.78, 5) is 24.1. The van der Waals surface area contributed by atoms with E-state index < -0.39 is 23.9 Å². The lowest BCUT2D eigenvalue weighted by atomic mass is 9.92. The summed E-state index contributed by atoms with van der Waals surface area (Å²) in [6.07, 6.45) is -0.714. The standard InChI is InChI=1S/C12H12ClNO5/c1-14-8-4-7(13)9(19-2)3-6(8)12(18,11(14)17)5-10(15)16/h3-4,18H,5H2,1-2H3,(H,15,16). The van der Waals surface area contributed by atoms with Crippen molar-refractivity contribution in [3.8, 4) is 5.75 Å². The molecule has 1 unspecified atom stereocenters. The van der Waals surface area contributed by atoms with E-state index >= 15 is 0 Å². The third kappa shape index (κ3) is 1.93. The van der Waals surface area contributed by atoms with Gasteiger partial charge in [0.25, 0.3) is 5.91 Å². The summed E-state index contributed by atoms with van der Waals surface area (Å²) in [6.45, 7) is 0. The Bertz CT molecular complexity index is 573. The molecule has 0 fully saturated rings. The highest BCUT2D eigenvalue weighted by Gasteiger charge is 2.50. The highest BCUT2D eigenvalue weighted by atomic mass is 35.5. The van der Waals surface area contributed by atoms with Crippen LogP contribution in [0, 0.1) is 0 Å². The van der Waals surface area contributed by atoms with E-state index in [2.05, 4.69) is 0 Å². The fourth-order valence-corrected chi connectivity index (χ4v) is 2.43. The van der Waals surface area contributed by atoms with Crippen molar-refractivity contribution in [1.82, 2.24) is 0 Å². The first kappa shape index (κ1) is 13.6. The number of methoxy groups -OCH3 is 1. The SMILES string of the molecule is COc1cc2c(cc1Cl)N(C)C(=O)C2(O)CC(=O)O. The lowest BCUT2D eigenvalue weighted by molar-refractivity contribution is -0.150. The molecular weight excluding hydrogens is 274 g/mol. The van der Waals surface area contributed by atoms with Gasteiger partial charge in [-0.1, -0.05) is 11.6 Å². The summed E-state index contributed by atoms with van der Waals surface area (Å²) in [5.74, 6) is -1.70. The van der Waals surface area contributed by atoms with Crippen LogP contribution >= 0.6 is 11.6 Å². The topological polar surface area (TPSA) is 87.1 Å². The highest BCUT2D eigenvalue weighted by molar-refractivity contribution is 6.32. The van der Waals surface area contributed by atoms with Gasteiger partial charge in [0.05, 0.1) is 24.2 Å². The minimum absolute atomic E-state index is 0.184. The van der Waals surface area contributed by atoms with E-state index in [1.165, 1.54) is 31.2 Å². The Kier molecular flexibility index (Phi) is 3.15. The minimum Gasteiger partial charge on any atom is -0.495 e. The first-order chi connectivity index (χ1) is 8.81. The molecule has 0 bridgehead atoms. The number of carbonyl (C=O) groups is 2. The second-order valence-corrected chi connectivity index (χ2v) is 4.71. The number of rotatable bonds is 3. The van der Waals surface area contributed by atoms with Crippen LogP contribution in [-0.2, 0) is 15.2 Å². The molecular formula is C12H12ClNO5. The zero-order valence-corrected chi connectivity index (χ0v) is 11.1. The number of carboxylic acid groups (broad SMARTS) is 1. The number of aliphatic hydroxyl groups is 1. The Morgan fingerprint density at radius 3 is 2.68 bits per heavy atom. The highest BCUT2D eigenvalue weighted by Crippen LogP contribution is 2.45. The molecule has 0 aliphatic carbocycles. The normalized spacial score (nSPS) is 21.5. The summed E-state index contributed by atoms with van der Waals surface area (Å²) >= 11 is 5.96. The first-order valence-electron chi connectivity index (χ1n) is 5.41. The van der Waals surface area contributed by atoms with Crippen LogP contribution in [-0.4, -0.2) is 36.2 Å². The molecule has 1 heterocycles. The third-order valence-electron chi connectivity index (χ3n) is 3.14. The molecule has 6 nitrogen and oxygen atoms in total. The predicted octanol–water partition coefficient (Wildman–Crippen LogP) is 0.987. The molecule has 0 spiro atoms. The largest absolute Gasteiger partial charge is 0.495 e. The van der Waals surface area contributed by atoms with E-state index in [1.807, 2.05) is 0 Å². The molecule has 2 rings (SSSR count). The molecule has 1 aromatic rings. The number of ether oxygens (including phenoxy) is 1. The molecule has 1 aliphatic rings. The first-order valence-corrected chi connectivity index (χ1v) is 5.79. The predicted molar refractivity (Wildman–Crippen MR) is 67.6 cm³/mol. The van der Waals surface area contributed by atoms with Gasteiger partial charge in [0.15, 0.2) is 5.60 Å². The molecule has 1 amide bonds. The summed E-state index contributed by atoms with van der Waals surface area (Å²) in [5.41, 5.74) is -1.53. The van der Waals surface area contributed by atoms with E-state index in [-0.39, 0.29) is 16.3 Å². The molecule has 0 saturated heterocycles. The van der Waals surface area contributed by atoms with Crippen molar-refractivity contribution >= 4 is 29.2 Å². The molecule has 0 radical (unpaired) electrons. The molecule has 1 atom stereocenters. The average molecular weight is 286 g/mol. The van der Waals surface area contributed by atoms with Gasteiger partial charge in [-0.2, -0.15) is 0 Å². The zero-order valence-electron chi connectivity index (χ0n) is 10.3. The summed E-state index contributed by atoms with van der Waals surface area (Å²) in [6, 6.07) is 2.86. The maximum Gasteiger partial charge on any atom is 0.307 e. The number of fused-ring (bicyclic) bond motifs is 1. The molecule has 2 N–H and O–H groups in total. The van der Waals surface area contributed by atoms with Gasteiger partial charge >= 0.3 is 5.97 Å². The summed E-state index contributed by atoms with van der Waals surface area (Å²) < 4.78 is 5.02. The van der Waals surface area contributed by atoms with Crippen molar-refractivity contribution in [2.75, 3.05) is 19.1 Å². The van der Waals surface area contributed by atoms with E-state index in [1.54, 1.807) is 0 Å². The van der Waals surface area contributed by atoms with Crippen LogP contribution in [0.3, 0.4) is 0 Å². The van der Waals surface area contributed by atoms with Gasteiger partial charge in [-0.05, 0) is 12.1 Å². The van der Waals surface area contributed by atoms with Crippen molar-refractivity contribution in [2.45, 2.75) is 12.0 Å². The lowest BCUT2D eigenvalue weighted by Gasteiger charge is -2.19. The van der Waals surface area contributed by atoms with E-state index in [4.69, 9.17) is 21.4 Å². The summed E-state index contributed by atoms with van der Waals surface area (Å²) in [7, 11) is 2.84. The van der Waals surface area contributed by atoms with Gasteiger partial charge < -0.3 is 19.8 Å². The van der Waals surface area contributed by atoms with Crippen LogP contribution in [0.2, 0.25) is 5.02 Å². The van der Waals surface area contributed by atoms with Gasteiger partial charge in [0.2, 0.25) is 0 Å². The van der Waals surface area contributed by atoms with Gasteiger partial charge in [-0.15, -0.1) is 0 Å². The van der Waals surface area contributed by atoms with E-state index in [0.717, 1.165) is 0 Å². The van der Waals surface area contributed by atoms with Gasteiger partial charge in [-0.3, -0.25) is 9.59 Å². The zero-order chi connectivity index (χ0) is 14.4. The molecule has 7 heteroatoms. The van der Waals surface area contributed by atoms with Crippen molar-refractivity contribution in [2.24, 2.45) is 0 Å². The fourth-order valence-electron chi connectivity index (χ4n) is 2.20. The number of carboxylic acids is 1. The average Bonchev–Trinajstić information content (AvgIpc) is 2.50.